The summed E-state index contributed by atoms with van der Waals surface area (Å²) in [4.78, 5) is 12.9. The highest BCUT2D eigenvalue weighted by molar-refractivity contribution is 8.02. The van der Waals surface area contributed by atoms with E-state index in [1.165, 1.54) is 23.1 Å². The molecule has 0 spiro atoms. The molecule has 0 radical (unpaired) electrons. The Bertz CT molecular complexity index is 645. The van der Waals surface area contributed by atoms with Gasteiger partial charge in [0.25, 0.3) is 0 Å². The number of nitrogens with zero attached hydrogens (tertiary/aromatic N) is 2. The number of thioether (sulfide) groups is 1. The lowest BCUT2D eigenvalue weighted by molar-refractivity contribution is -0.137. The van der Waals surface area contributed by atoms with Crippen LogP contribution < -0.4 is 10.6 Å². The van der Waals surface area contributed by atoms with Gasteiger partial charge in [0.05, 0.1) is 5.25 Å². The first-order valence-corrected chi connectivity index (χ1v) is 9.52. The number of aromatic nitrogens is 2. The lowest BCUT2D eigenvalue weighted by atomic mass is 10.3. The Morgan fingerprint density at radius 3 is 2.88 bits per heavy atom. The van der Waals surface area contributed by atoms with Crippen molar-refractivity contribution < 1.29 is 18.0 Å². The fourth-order valence-electron chi connectivity index (χ4n) is 1.61. The average molecular weight is 396 g/mol. The molecule has 2 heterocycles. The van der Waals surface area contributed by atoms with E-state index in [4.69, 9.17) is 0 Å². The topological polar surface area (TPSA) is 66.9 Å². The second-order valence-corrected chi connectivity index (χ2v) is 8.32. The van der Waals surface area contributed by atoms with E-state index in [9.17, 15) is 18.0 Å². The third-order valence-electron chi connectivity index (χ3n) is 2.74. The van der Waals surface area contributed by atoms with Gasteiger partial charge in [-0.2, -0.15) is 13.2 Å². The molecule has 5 nitrogen and oxygen atoms in total. The molecule has 0 aliphatic rings. The SMILES string of the molecule is C[C@@H](Sc1nnc(NCCc2cccs2)s1)C(=O)NCC(F)(F)F. The van der Waals surface area contributed by atoms with Crippen molar-refractivity contribution in [3.63, 3.8) is 0 Å². The number of amides is 1. The molecule has 0 bridgehead atoms. The summed E-state index contributed by atoms with van der Waals surface area (Å²) < 4.78 is 36.8. The Kier molecular flexibility index (Phi) is 6.87. The number of nitrogens with one attached hydrogen (secondary N) is 2. The smallest absolute Gasteiger partial charge is 0.360 e. The minimum absolute atomic E-state index is 0.531. The molecule has 1 atom stereocenters. The predicted octanol–water partition coefficient (Wildman–Crippen LogP) is 3.41. The summed E-state index contributed by atoms with van der Waals surface area (Å²) in [6.07, 6.45) is -3.54. The summed E-state index contributed by atoms with van der Waals surface area (Å²) in [5.41, 5.74) is 0. The molecule has 0 saturated carbocycles. The molecule has 0 unspecified atom stereocenters. The van der Waals surface area contributed by atoms with Crippen molar-refractivity contribution in [1.29, 1.82) is 0 Å². The highest BCUT2D eigenvalue weighted by Gasteiger charge is 2.29. The molecule has 132 valence electrons. The number of hydrogen-bond acceptors (Lipinski definition) is 7. The van der Waals surface area contributed by atoms with Crippen molar-refractivity contribution in [1.82, 2.24) is 15.5 Å². The molecule has 0 aliphatic heterocycles. The molecule has 2 aromatic rings. The van der Waals surface area contributed by atoms with Crippen LogP contribution in [0.2, 0.25) is 0 Å². The van der Waals surface area contributed by atoms with E-state index in [2.05, 4.69) is 21.6 Å². The van der Waals surface area contributed by atoms with Gasteiger partial charge in [-0.3, -0.25) is 4.79 Å². The largest absolute Gasteiger partial charge is 0.405 e. The second kappa shape index (κ2) is 8.67. The minimum Gasteiger partial charge on any atom is -0.360 e. The molecule has 0 fully saturated rings. The van der Waals surface area contributed by atoms with Crippen LogP contribution in [0.25, 0.3) is 0 Å². The van der Waals surface area contributed by atoms with Gasteiger partial charge >= 0.3 is 6.18 Å². The molecule has 1 amide bonds. The van der Waals surface area contributed by atoms with Crippen LogP contribution in [0.4, 0.5) is 18.3 Å². The number of rotatable bonds is 8. The van der Waals surface area contributed by atoms with Gasteiger partial charge in [-0.15, -0.1) is 21.5 Å². The number of hydrogen-bond donors (Lipinski definition) is 2. The summed E-state index contributed by atoms with van der Waals surface area (Å²) in [6.45, 7) is 0.908. The maximum Gasteiger partial charge on any atom is 0.405 e. The van der Waals surface area contributed by atoms with E-state index in [1.807, 2.05) is 16.8 Å². The number of thiophene rings is 1. The highest BCUT2D eigenvalue weighted by Crippen LogP contribution is 2.29. The van der Waals surface area contributed by atoms with Crippen LogP contribution in [0, 0.1) is 0 Å². The normalized spacial score (nSPS) is 12.8. The summed E-state index contributed by atoms with van der Waals surface area (Å²) in [6, 6.07) is 4.04. The monoisotopic (exact) mass is 396 g/mol. The molecule has 11 heteroatoms. The standard InChI is InChI=1S/C13H15F3N4OS3/c1-8(10(21)18-7-13(14,15)16)23-12-20-19-11(24-12)17-5-4-9-3-2-6-22-9/h2-3,6,8H,4-5,7H2,1H3,(H,17,19)(H,18,21)/t8-/m1/s1. The number of alkyl halides is 3. The number of carbonyl (C=O) groups is 1. The lowest BCUT2D eigenvalue weighted by Gasteiger charge is -2.11. The molecule has 0 aliphatic carbocycles. The quantitative estimate of drug-likeness (QED) is 0.670. The Balaban J connectivity index is 1.74. The zero-order valence-corrected chi connectivity index (χ0v) is 15.0. The average Bonchev–Trinajstić information content (AvgIpc) is 3.16. The van der Waals surface area contributed by atoms with Crippen molar-refractivity contribution in [2.75, 3.05) is 18.4 Å². The molecule has 2 rings (SSSR count). The van der Waals surface area contributed by atoms with Crippen molar-refractivity contribution in [3.05, 3.63) is 22.4 Å². The van der Waals surface area contributed by atoms with Crippen LogP contribution in [0.15, 0.2) is 21.9 Å². The third-order valence-corrected chi connectivity index (χ3v) is 5.75. The highest BCUT2D eigenvalue weighted by atomic mass is 32.2. The van der Waals surface area contributed by atoms with Gasteiger partial charge in [-0.1, -0.05) is 29.2 Å². The summed E-state index contributed by atoms with van der Waals surface area (Å²) in [7, 11) is 0. The molecule has 2 aromatic heterocycles. The van der Waals surface area contributed by atoms with Gasteiger partial charge in [0.1, 0.15) is 6.54 Å². The summed E-state index contributed by atoms with van der Waals surface area (Å²) >= 11 is 4.03. The maximum atomic E-state index is 12.1. The zero-order valence-electron chi connectivity index (χ0n) is 12.6. The molecule has 0 saturated heterocycles. The molecule has 2 N–H and O–H groups in total. The van der Waals surface area contributed by atoms with Crippen LogP contribution in [-0.4, -0.2) is 40.6 Å². The number of carbonyl (C=O) groups excluding carboxylic acids is 1. The van der Waals surface area contributed by atoms with E-state index in [0.29, 0.717) is 16.0 Å². The molecular weight excluding hydrogens is 381 g/mol. The van der Waals surface area contributed by atoms with Gasteiger partial charge in [-0.05, 0) is 24.8 Å². The first-order valence-electron chi connectivity index (χ1n) is 6.94. The van der Waals surface area contributed by atoms with Crippen LogP contribution in [0.5, 0.6) is 0 Å². The second-order valence-electron chi connectivity index (χ2n) is 4.72. The van der Waals surface area contributed by atoms with Crippen molar-refractivity contribution in [2.24, 2.45) is 0 Å². The van der Waals surface area contributed by atoms with Gasteiger partial charge < -0.3 is 10.6 Å². The van der Waals surface area contributed by atoms with E-state index in [-0.39, 0.29) is 0 Å². The van der Waals surface area contributed by atoms with Crippen LogP contribution in [-0.2, 0) is 11.2 Å². The van der Waals surface area contributed by atoms with E-state index >= 15 is 0 Å². The summed E-state index contributed by atoms with van der Waals surface area (Å²) in [5.74, 6) is -0.681. The van der Waals surface area contributed by atoms with E-state index in [1.54, 1.807) is 11.3 Å². The maximum absolute atomic E-state index is 12.1. The van der Waals surface area contributed by atoms with Crippen LogP contribution in [0.3, 0.4) is 0 Å². The number of anilines is 1. The summed E-state index contributed by atoms with van der Waals surface area (Å²) in [5, 5.41) is 14.8. The van der Waals surface area contributed by atoms with Gasteiger partial charge in [-0.25, -0.2) is 0 Å². The predicted molar refractivity (Wildman–Crippen MR) is 90.8 cm³/mol. The van der Waals surface area contributed by atoms with Crippen molar-refractivity contribution in [2.45, 2.75) is 29.1 Å². The Morgan fingerprint density at radius 1 is 1.42 bits per heavy atom. The Labute approximate surface area is 149 Å². The van der Waals surface area contributed by atoms with E-state index in [0.717, 1.165) is 18.2 Å². The number of halogens is 3. The van der Waals surface area contributed by atoms with Crippen LogP contribution >= 0.6 is 34.4 Å². The molecule has 0 aromatic carbocycles. The lowest BCUT2D eigenvalue weighted by Crippen LogP contribution is -2.37. The van der Waals surface area contributed by atoms with Gasteiger partial charge in [0, 0.05) is 11.4 Å². The minimum atomic E-state index is -4.41. The zero-order chi connectivity index (χ0) is 17.6. The van der Waals surface area contributed by atoms with Crippen molar-refractivity contribution >= 4 is 45.5 Å². The third kappa shape index (κ3) is 6.65. The molecule has 24 heavy (non-hydrogen) atoms. The van der Waals surface area contributed by atoms with Gasteiger partial charge in [0.15, 0.2) is 4.34 Å². The van der Waals surface area contributed by atoms with E-state index < -0.39 is 23.9 Å². The Morgan fingerprint density at radius 2 is 2.21 bits per heavy atom. The molecular formula is C13H15F3N4OS3. The van der Waals surface area contributed by atoms with Crippen LogP contribution in [0.1, 0.15) is 11.8 Å². The fourth-order valence-corrected chi connectivity index (χ4v) is 4.27. The van der Waals surface area contributed by atoms with Gasteiger partial charge in [0.2, 0.25) is 11.0 Å². The first kappa shape index (κ1) is 19.0. The Hall–Kier alpha value is -1.33. The van der Waals surface area contributed by atoms with Crippen molar-refractivity contribution in [3.8, 4) is 0 Å². The fraction of sp³-hybridized carbons (Fsp3) is 0.462. The first-order chi connectivity index (χ1) is 11.3.